The summed E-state index contributed by atoms with van der Waals surface area (Å²) in [5.74, 6) is -0.867. The number of fused-ring (bicyclic) bond motifs is 6. The number of ketones is 2. The molecule has 0 radical (unpaired) electrons. The van der Waals surface area contributed by atoms with E-state index in [2.05, 4.69) is 14.7 Å². The molecule has 2 N–H and O–H groups in total. The minimum absolute atomic E-state index is 0.0691. The summed E-state index contributed by atoms with van der Waals surface area (Å²) in [5.41, 5.74) is -2.30. The lowest BCUT2D eigenvalue weighted by atomic mass is 9.91. The van der Waals surface area contributed by atoms with Crippen LogP contribution in [0, 0.1) is 22.7 Å². The lowest BCUT2D eigenvalue weighted by Gasteiger charge is -2.25. The van der Waals surface area contributed by atoms with E-state index in [-0.39, 0.29) is 97.5 Å². The Morgan fingerprint density at radius 3 is 1.61 bits per heavy atom. The molecule has 4 aromatic rings. The molecule has 6 heterocycles. The summed E-state index contributed by atoms with van der Waals surface area (Å²) < 4.78 is 61.5. The van der Waals surface area contributed by atoms with Crippen LogP contribution in [0.25, 0.3) is 21.5 Å². The number of methoxy groups -OCH3 is 2. The molecule has 20 nitrogen and oxygen atoms in total. The molecule has 2 aromatic heterocycles. The van der Waals surface area contributed by atoms with Crippen molar-refractivity contribution in [1.82, 2.24) is 24.5 Å². The van der Waals surface area contributed by atoms with Crippen LogP contribution in [0.4, 0.5) is 9.59 Å². The zero-order chi connectivity index (χ0) is 56.5. The average Bonchev–Trinajstić information content (AvgIpc) is 4.49. The highest BCUT2D eigenvalue weighted by Gasteiger charge is 2.63. The molecule has 0 bridgehead atoms. The number of carboxylic acids is 1. The highest BCUT2D eigenvalue weighted by molar-refractivity contribution is 7.91. The Hall–Kier alpha value is -6.71. The number of ether oxygens (including phenoxy) is 6. The maximum absolute atomic E-state index is 13.9. The van der Waals surface area contributed by atoms with Gasteiger partial charge in [0.2, 0.25) is 27.7 Å². The van der Waals surface area contributed by atoms with Crippen LogP contribution in [0.5, 0.6) is 23.3 Å². The second kappa shape index (κ2) is 23.4. The van der Waals surface area contributed by atoms with Gasteiger partial charge >= 0.3 is 18.2 Å². The molecule has 3 saturated carbocycles. The highest BCUT2D eigenvalue weighted by Crippen LogP contribution is 2.58. The molecule has 7 aliphatic rings. The molecule has 0 spiro atoms. The first-order chi connectivity index (χ1) is 38.4. The molecular weight excluding hydrogens is 1100 g/mol. The van der Waals surface area contributed by atoms with Crippen LogP contribution >= 0.6 is 23.2 Å². The number of aromatic nitrogens is 2. The molecule has 80 heavy (non-hydrogen) atoms. The van der Waals surface area contributed by atoms with Gasteiger partial charge in [0.1, 0.15) is 34.0 Å². The molecule has 426 valence electrons. The van der Waals surface area contributed by atoms with Crippen LogP contribution in [0.15, 0.2) is 72.8 Å². The number of Topliss-reactive ketones (excluding diaryl/α,β-unsaturated/α-hetero) is 2. The predicted molar refractivity (Wildman–Crippen MR) is 292 cm³/mol. The van der Waals surface area contributed by atoms with Gasteiger partial charge in [-0.1, -0.05) is 47.5 Å². The van der Waals surface area contributed by atoms with Crippen molar-refractivity contribution in [1.29, 1.82) is 0 Å². The van der Waals surface area contributed by atoms with Gasteiger partial charge < -0.3 is 33.5 Å². The van der Waals surface area contributed by atoms with Crippen molar-refractivity contribution in [3.8, 4) is 23.3 Å². The zero-order valence-corrected chi connectivity index (χ0v) is 46.6. The average molecular weight is 1160 g/mol. The van der Waals surface area contributed by atoms with E-state index in [0.717, 1.165) is 36.5 Å². The number of sulfonamides is 1. The Balaban J connectivity index is 0.000000182. The SMILES string of the molecule is COc1ccc2c(O[C@@H]3C[C@H]4C(=O)C[C@]5(C(=O)NS(=O)(=O)C6CC6)C[C@H]5/C=C\CCCCOC(=O)N4C3)nc(Cl)cc2c1.COc1ccc2c(O[C@@H]3C[C@H]4C(=O)C[C@]5(C(=O)O)C[C@H]5/C=C\CCCCOC(=O)N4C3)nc(Cl)cc2c1. The summed E-state index contributed by atoms with van der Waals surface area (Å²) in [6, 6.07) is 12.4. The van der Waals surface area contributed by atoms with Crippen LogP contribution in [-0.2, 0) is 38.7 Å². The molecule has 23 heteroatoms. The maximum Gasteiger partial charge on any atom is 0.410 e. The van der Waals surface area contributed by atoms with E-state index in [1.807, 2.05) is 36.4 Å². The van der Waals surface area contributed by atoms with E-state index < -0.39 is 74.5 Å². The number of pyridine rings is 2. The van der Waals surface area contributed by atoms with Gasteiger partial charge in [0.05, 0.1) is 68.7 Å². The molecule has 11 rings (SSSR count). The second-order valence-electron chi connectivity index (χ2n) is 21.7. The van der Waals surface area contributed by atoms with Gasteiger partial charge in [-0.15, -0.1) is 0 Å². The quantitative estimate of drug-likeness (QED) is 0.111. The second-order valence-corrected chi connectivity index (χ2v) is 24.5. The van der Waals surface area contributed by atoms with Crippen LogP contribution in [-0.4, -0.2) is 139 Å². The van der Waals surface area contributed by atoms with Gasteiger partial charge in [-0.25, -0.2) is 28.0 Å². The third-order valence-corrected chi connectivity index (χ3v) is 18.5. The van der Waals surface area contributed by atoms with Crippen LogP contribution < -0.4 is 23.7 Å². The first kappa shape index (κ1) is 56.6. The number of rotatable bonds is 10. The van der Waals surface area contributed by atoms with Gasteiger partial charge in [0.15, 0.2) is 11.6 Å². The number of halogens is 2. The number of carbonyl (C=O) groups is 6. The molecule has 8 atom stereocenters. The summed E-state index contributed by atoms with van der Waals surface area (Å²) in [5, 5.41) is 12.7. The van der Waals surface area contributed by atoms with Crippen molar-refractivity contribution in [3.63, 3.8) is 0 Å². The zero-order valence-electron chi connectivity index (χ0n) is 44.3. The first-order valence-corrected chi connectivity index (χ1v) is 29.4. The number of cyclic esters (lactones) is 2. The summed E-state index contributed by atoms with van der Waals surface area (Å²) in [7, 11) is -0.648. The first-order valence-electron chi connectivity index (χ1n) is 27.1. The van der Waals surface area contributed by atoms with Crippen molar-refractivity contribution < 1.29 is 70.7 Å². The Labute approximate surface area is 472 Å². The third kappa shape index (κ3) is 12.3. The molecular formula is C57H63Cl2N5O15S. The Kier molecular flexibility index (Phi) is 16.5. The van der Waals surface area contributed by atoms with Gasteiger partial charge in [-0.3, -0.25) is 33.7 Å². The number of carbonyl (C=O) groups excluding carboxylic acids is 5. The number of carboxylic acid groups (broad SMARTS) is 1. The minimum atomic E-state index is -3.79. The Bertz CT molecular complexity index is 3280. The van der Waals surface area contributed by atoms with Crippen molar-refractivity contribution in [2.24, 2.45) is 22.7 Å². The van der Waals surface area contributed by atoms with Crippen molar-refractivity contribution >= 4 is 90.4 Å². The van der Waals surface area contributed by atoms with E-state index in [0.29, 0.717) is 60.8 Å². The van der Waals surface area contributed by atoms with Gasteiger partial charge in [-0.05, 0) is 135 Å². The number of nitrogens with one attached hydrogen (secondary N) is 1. The number of amides is 3. The van der Waals surface area contributed by atoms with Crippen LogP contribution in [0.3, 0.4) is 0 Å². The molecule has 2 aromatic carbocycles. The fourth-order valence-corrected chi connectivity index (χ4v) is 13.2. The van der Waals surface area contributed by atoms with Crippen molar-refractivity contribution in [3.05, 3.63) is 83.1 Å². The highest BCUT2D eigenvalue weighted by atomic mass is 35.5. The lowest BCUT2D eigenvalue weighted by Crippen LogP contribution is -2.45. The normalized spacial score (nSPS) is 28.9. The fraction of sp³-hybridized carbons (Fsp3) is 0.509. The Morgan fingerprint density at radius 2 is 1.15 bits per heavy atom. The standard InChI is InChI=1S/C30H34ClN3O8S.C27H29ClN2O7/c1-40-20-7-10-23-18(12-20)13-26(31)32-27(23)42-21-14-24-25(35)16-30(28(36)33-43(38,39)22-8-9-22)15-19(30)6-4-2-3-5-11-41-29(37)34(24)17-21;1-35-18-7-8-20-16(10-18)11-23(28)29-24(20)37-19-12-21-22(31)14-27(25(32)33)13-17(27)6-4-2-3-5-9-36-26(34)30(21)15-19/h4,6-7,10,12-13,19,21-22,24H,2-3,5,8-9,11,14-17H2,1H3,(H,33,36);4,6-8,10-11,17,19,21H,2-3,5,9,12-15H2,1H3,(H,32,33)/b2*6-4-/t19-,21-,24+,30-;17-,19-,21+,27-/m11/s1. The van der Waals surface area contributed by atoms with Crippen LogP contribution in [0.2, 0.25) is 10.3 Å². The maximum atomic E-state index is 13.9. The van der Waals surface area contributed by atoms with Gasteiger partial charge in [0.25, 0.3) is 0 Å². The molecule has 3 aliphatic carbocycles. The van der Waals surface area contributed by atoms with E-state index in [1.54, 1.807) is 50.6 Å². The summed E-state index contributed by atoms with van der Waals surface area (Å²) in [4.78, 5) is 90.5. The molecule has 3 amide bonds. The summed E-state index contributed by atoms with van der Waals surface area (Å²) >= 11 is 12.5. The topological polar surface area (TPSA) is 256 Å². The van der Waals surface area contributed by atoms with E-state index in [9.17, 15) is 42.3 Å². The van der Waals surface area contributed by atoms with Gasteiger partial charge in [0, 0.05) is 36.5 Å². The largest absolute Gasteiger partial charge is 0.497 e. The number of hydrogen-bond acceptors (Lipinski definition) is 16. The number of aliphatic carboxylic acids is 1. The van der Waals surface area contributed by atoms with E-state index in [1.165, 1.54) is 9.80 Å². The Morgan fingerprint density at radius 1 is 0.688 bits per heavy atom. The summed E-state index contributed by atoms with van der Waals surface area (Å²) in [6.07, 6.45) is 11.6. The smallest absolute Gasteiger partial charge is 0.410 e. The summed E-state index contributed by atoms with van der Waals surface area (Å²) in [6.45, 7) is 0.650. The molecule has 0 unspecified atom stereocenters. The van der Waals surface area contributed by atoms with E-state index in [4.69, 9.17) is 51.6 Å². The number of allylic oxidation sites excluding steroid dienone is 4. The van der Waals surface area contributed by atoms with Crippen molar-refractivity contribution in [2.75, 3.05) is 40.5 Å². The minimum Gasteiger partial charge on any atom is -0.497 e. The number of hydrogen-bond donors (Lipinski definition) is 2. The van der Waals surface area contributed by atoms with Gasteiger partial charge in [-0.2, -0.15) is 0 Å². The predicted octanol–water partition coefficient (Wildman–Crippen LogP) is 8.81. The fourth-order valence-electron chi connectivity index (χ4n) is 11.4. The monoisotopic (exact) mass is 1160 g/mol. The molecule has 5 fully saturated rings. The number of nitrogens with zero attached hydrogens (tertiary/aromatic N) is 4. The van der Waals surface area contributed by atoms with Crippen molar-refractivity contribution in [2.45, 2.75) is 119 Å². The lowest BCUT2D eigenvalue weighted by molar-refractivity contribution is -0.146. The number of benzene rings is 2. The molecule has 4 aliphatic heterocycles. The van der Waals surface area contributed by atoms with Crippen LogP contribution in [0.1, 0.15) is 89.9 Å². The third-order valence-electron chi connectivity index (χ3n) is 16.3. The van der Waals surface area contributed by atoms with E-state index >= 15 is 0 Å². The molecule has 2 saturated heterocycles.